The Hall–Kier alpha value is -3.81. The van der Waals surface area contributed by atoms with Gasteiger partial charge in [-0.25, -0.2) is 33.3 Å². The number of hydrogen-bond acceptors (Lipinski definition) is 9. The van der Waals surface area contributed by atoms with Crippen LogP contribution in [0.5, 0.6) is 11.6 Å². The summed E-state index contributed by atoms with van der Waals surface area (Å²) in [5, 5.41) is 5.46. The van der Waals surface area contributed by atoms with Gasteiger partial charge < -0.3 is 29.5 Å². The number of rotatable bonds is 7. The van der Waals surface area contributed by atoms with Crippen LogP contribution in [0.15, 0.2) is 30.7 Å². The van der Waals surface area contributed by atoms with E-state index in [1.54, 1.807) is 24.0 Å². The number of fused-ring (bicyclic) bond motifs is 2. The normalized spacial score (nSPS) is 25.4. The van der Waals surface area contributed by atoms with Crippen molar-refractivity contribution in [3.63, 3.8) is 0 Å². The fourth-order valence-electron chi connectivity index (χ4n) is 5.72. The van der Waals surface area contributed by atoms with Gasteiger partial charge >= 0.3 is 12.1 Å². The Morgan fingerprint density at radius 3 is 2.70 bits per heavy atom. The van der Waals surface area contributed by atoms with Crippen molar-refractivity contribution < 1.29 is 27.8 Å². The van der Waals surface area contributed by atoms with Crippen molar-refractivity contribution >= 4 is 23.8 Å². The van der Waals surface area contributed by atoms with Gasteiger partial charge in [0, 0.05) is 57.4 Å². The number of hydrogen-bond donors (Lipinski definition) is 2. The van der Waals surface area contributed by atoms with Gasteiger partial charge in [0.15, 0.2) is 5.82 Å². The number of pyridine rings is 1. The number of carbonyl (C=O) groups is 2. The van der Waals surface area contributed by atoms with Gasteiger partial charge in [0.2, 0.25) is 5.88 Å². The molecule has 0 radical (unpaired) electrons. The molecule has 2 saturated heterocycles. The van der Waals surface area contributed by atoms with Crippen molar-refractivity contribution in [1.82, 2.24) is 30.1 Å². The van der Waals surface area contributed by atoms with Crippen LogP contribution >= 0.6 is 0 Å². The minimum atomic E-state index is -3.13. The highest BCUT2D eigenvalue weighted by Crippen LogP contribution is 2.37. The Morgan fingerprint density at radius 2 is 2.02 bits per heavy atom. The minimum Gasteiger partial charge on any atom is -0.477 e. The van der Waals surface area contributed by atoms with Crippen molar-refractivity contribution in [3.8, 4) is 11.6 Å². The Balaban J connectivity index is 1.20. The van der Waals surface area contributed by atoms with E-state index < -0.39 is 30.5 Å². The van der Waals surface area contributed by atoms with E-state index in [-0.39, 0.29) is 36.6 Å². The highest BCUT2D eigenvalue weighted by atomic mass is 19.3. The largest absolute Gasteiger partial charge is 0.477 e. The molecule has 3 amide bonds. The second kappa shape index (κ2) is 11.4. The van der Waals surface area contributed by atoms with Gasteiger partial charge in [0.05, 0.1) is 19.0 Å². The number of amides is 3. The van der Waals surface area contributed by atoms with E-state index in [9.17, 15) is 18.4 Å². The molecule has 40 heavy (non-hydrogen) atoms. The molecule has 5 rings (SSSR count). The summed E-state index contributed by atoms with van der Waals surface area (Å²) in [7, 11) is 3.41. The van der Waals surface area contributed by atoms with Crippen LogP contribution < -0.4 is 25.0 Å². The third kappa shape index (κ3) is 6.01. The molecule has 1 aliphatic carbocycles. The van der Waals surface area contributed by atoms with Crippen molar-refractivity contribution in [2.75, 3.05) is 50.6 Å². The maximum atomic E-state index is 15.0. The standard InChI is InChI=1S/C26H34F2N8O4/c1-4-39-23-13-30-21(12-31-23)33-24(37)35(3)20-15-36(8-6-26(20,27)28)22-11-18(5-7-29-22)40-25(38)32-19-10-17-9-16(19)14-34(17)2/h5,7,11-13,16-17,19-20H,4,6,8-10,14-15H2,1-3H3,(H,32,38)(H,30,33,37)/t16-,17-,19+,20-/m0/s1. The molecule has 0 unspecified atom stereocenters. The molecular weight excluding hydrogens is 526 g/mol. The van der Waals surface area contributed by atoms with Crippen molar-refractivity contribution in [2.45, 2.75) is 50.2 Å². The molecule has 3 fully saturated rings. The predicted molar refractivity (Wildman–Crippen MR) is 142 cm³/mol. The first kappa shape index (κ1) is 27.7. The fraction of sp³-hybridized carbons (Fsp3) is 0.577. The van der Waals surface area contributed by atoms with Crippen molar-refractivity contribution in [3.05, 3.63) is 30.7 Å². The van der Waals surface area contributed by atoms with E-state index in [4.69, 9.17) is 9.47 Å². The fourth-order valence-corrected chi connectivity index (χ4v) is 5.72. The summed E-state index contributed by atoms with van der Waals surface area (Å²) in [5.41, 5.74) is 0. The molecule has 4 atom stereocenters. The molecular formula is C26H34F2N8O4. The van der Waals surface area contributed by atoms with Crippen LogP contribution in [-0.4, -0.2) is 101 Å². The Morgan fingerprint density at radius 1 is 1.20 bits per heavy atom. The van der Waals surface area contributed by atoms with Gasteiger partial charge in [-0.1, -0.05) is 0 Å². The minimum absolute atomic E-state index is 0.0185. The molecule has 2 aromatic rings. The number of ether oxygens (including phenoxy) is 2. The summed E-state index contributed by atoms with van der Waals surface area (Å²) in [5.74, 6) is -1.68. The number of urea groups is 1. The molecule has 0 spiro atoms. The van der Waals surface area contributed by atoms with Crippen LogP contribution in [0.25, 0.3) is 0 Å². The summed E-state index contributed by atoms with van der Waals surface area (Å²) >= 11 is 0. The summed E-state index contributed by atoms with van der Waals surface area (Å²) in [6.45, 7) is 3.01. The second-order valence-electron chi connectivity index (χ2n) is 10.5. The molecule has 2 aromatic heterocycles. The van der Waals surface area contributed by atoms with E-state index in [1.165, 1.54) is 25.6 Å². The van der Waals surface area contributed by atoms with E-state index >= 15 is 0 Å². The third-order valence-corrected chi connectivity index (χ3v) is 7.91. The van der Waals surface area contributed by atoms with Crippen LogP contribution in [0.4, 0.5) is 30.0 Å². The molecule has 4 heterocycles. The molecule has 12 nitrogen and oxygen atoms in total. The van der Waals surface area contributed by atoms with E-state index in [1.807, 2.05) is 0 Å². The lowest BCUT2D eigenvalue weighted by molar-refractivity contribution is -0.0759. The molecule has 2 N–H and O–H groups in total. The number of nitrogens with zero attached hydrogens (tertiary/aromatic N) is 6. The van der Waals surface area contributed by atoms with Gasteiger partial charge in [-0.05, 0) is 38.8 Å². The molecule has 0 aromatic carbocycles. The Kier molecular flexibility index (Phi) is 7.88. The predicted octanol–water partition coefficient (Wildman–Crippen LogP) is 2.83. The van der Waals surface area contributed by atoms with Crippen LogP contribution in [0.1, 0.15) is 26.2 Å². The first-order valence-electron chi connectivity index (χ1n) is 13.4. The number of anilines is 2. The first-order valence-corrected chi connectivity index (χ1v) is 13.4. The highest BCUT2D eigenvalue weighted by Gasteiger charge is 2.48. The van der Waals surface area contributed by atoms with Crippen LogP contribution in [-0.2, 0) is 0 Å². The van der Waals surface area contributed by atoms with E-state index in [0.717, 1.165) is 24.3 Å². The Labute approximate surface area is 231 Å². The lowest BCUT2D eigenvalue weighted by atomic mass is 9.99. The first-order chi connectivity index (χ1) is 19.1. The number of carbonyl (C=O) groups excluding carboxylic acids is 2. The summed E-state index contributed by atoms with van der Waals surface area (Å²) in [6, 6.07) is 1.47. The van der Waals surface area contributed by atoms with Crippen LogP contribution in [0.2, 0.25) is 0 Å². The quantitative estimate of drug-likeness (QED) is 0.526. The van der Waals surface area contributed by atoms with Gasteiger partial charge in [0.1, 0.15) is 17.6 Å². The Bertz CT molecular complexity index is 1220. The molecule has 2 aliphatic heterocycles. The average molecular weight is 561 g/mol. The molecule has 216 valence electrons. The molecule has 3 aliphatic rings. The van der Waals surface area contributed by atoms with Crippen LogP contribution in [0, 0.1) is 5.92 Å². The van der Waals surface area contributed by atoms with Gasteiger partial charge in [-0.15, -0.1) is 0 Å². The van der Waals surface area contributed by atoms with E-state index in [2.05, 4.69) is 37.5 Å². The zero-order chi connectivity index (χ0) is 28.4. The maximum Gasteiger partial charge on any atom is 0.412 e. The lowest BCUT2D eigenvalue weighted by Gasteiger charge is -2.42. The number of alkyl halides is 2. The smallest absolute Gasteiger partial charge is 0.412 e. The number of aromatic nitrogens is 3. The number of piperidine rings is 2. The molecule has 14 heteroatoms. The summed E-state index contributed by atoms with van der Waals surface area (Å²) in [6.07, 6.45) is 5.04. The third-order valence-electron chi connectivity index (χ3n) is 7.91. The summed E-state index contributed by atoms with van der Waals surface area (Å²) in [4.78, 5) is 42.7. The second-order valence-corrected chi connectivity index (χ2v) is 10.5. The number of nitrogens with one attached hydrogen (secondary N) is 2. The molecule has 1 saturated carbocycles. The number of halogens is 2. The van der Waals surface area contributed by atoms with Gasteiger partial charge in [0.25, 0.3) is 5.92 Å². The number of likely N-dealkylation sites (N-methyl/N-ethyl adjacent to an activating group) is 1. The lowest BCUT2D eigenvalue weighted by Crippen LogP contribution is -2.60. The average Bonchev–Trinajstić information content (AvgIpc) is 3.48. The van der Waals surface area contributed by atoms with Crippen molar-refractivity contribution in [1.29, 1.82) is 0 Å². The monoisotopic (exact) mass is 560 g/mol. The zero-order valence-electron chi connectivity index (χ0n) is 22.7. The van der Waals surface area contributed by atoms with Gasteiger partial charge in [-0.2, -0.15) is 0 Å². The van der Waals surface area contributed by atoms with Gasteiger partial charge in [-0.3, -0.25) is 5.32 Å². The van der Waals surface area contributed by atoms with Crippen LogP contribution in [0.3, 0.4) is 0 Å². The number of likely N-dealkylation sites (tertiary alicyclic amines) is 1. The van der Waals surface area contributed by atoms with Crippen molar-refractivity contribution in [2.24, 2.45) is 5.92 Å². The molecule has 2 bridgehead atoms. The topological polar surface area (TPSA) is 125 Å². The zero-order valence-corrected chi connectivity index (χ0v) is 22.7. The highest BCUT2D eigenvalue weighted by molar-refractivity contribution is 5.88. The van der Waals surface area contributed by atoms with E-state index in [0.29, 0.717) is 24.4 Å². The summed E-state index contributed by atoms with van der Waals surface area (Å²) < 4.78 is 40.7. The SMILES string of the molecule is CCOc1cnc(NC(=O)N(C)[C@H]2CN(c3cc(OC(=O)N[C@@H]4C[C@@H]5C[C@H]4CN5C)ccn3)CCC2(F)F)cn1. The maximum absolute atomic E-state index is 15.0.